The number of nitrogens with one attached hydrogen (secondary N) is 3. The van der Waals surface area contributed by atoms with Crippen molar-refractivity contribution < 1.29 is 14.4 Å². The van der Waals surface area contributed by atoms with Crippen LogP contribution in [0, 0.1) is 18.8 Å². The van der Waals surface area contributed by atoms with Crippen LogP contribution in [0.1, 0.15) is 57.0 Å². The zero-order chi connectivity index (χ0) is 21.8. The predicted octanol–water partition coefficient (Wildman–Crippen LogP) is 3.15. The van der Waals surface area contributed by atoms with Gasteiger partial charge in [0.1, 0.15) is 0 Å². The first-order valence-corrected chi connectivity index (χ1v) is 10.2. The molecule has 29 heavy (non-hydrogen) atoms. The molecule has 0 aromatic heterocycles. The van der Waals surface area contributed by atoms with E-state index in [1.165, 1.54) is 0 Å². The first kappa shape index (κ1) is 22.7. The van der Waals surface area contributed by atoms with Crippen LogP contribution in [0.15, 0.2) is 18.2 Å². The Morgan fingerprint density at radius 3 is 2.31 bits per heavy atom. The second-order valence-electron chi connectivity index (χ2n) is 9.29. The molecule has 7 heteroatoms. The summed E-state index contributed by atoms with van der Waals surface area (Å²) >= 11 is 0. The van der Waals surface area contributed by atoms with Crippen LogP contribution in [0.2, 0.25) is 0 Å². The summed E-state index contributed by atoms with van der Waals surface area (Å²) in [5.41, 5.74) is 1.81. The van der Waals surface area contributed by atoms with Gasteiger partial charge in [-0.1, -0.05) is 19.9 Å². The van der Waals surface area contributed by atoms with Crippen molar-refractivity contribution in [1.29, 1.82) is 0 Å². The summed E-state index contributed by atoms with van der Waals surface area (Å²) in [5.74, 6) is 0.560. The zero-order valence-corrected chi connectivity index (χ0v) is 18.4. The smallest absolute Gasteiger partial charge is 0.321 e. The highest BCUT2D eigenvalue weighted by molar-refractivity contribution is 5.97. The molecule has 0 spiro atoms. The second-order valence-corrected chi connectivity index (χ2v) is 9.29. The van der Waals surface area contributed by atoms with Crippen LogP contribution in [0.4, 0.5) is 10.5 Å². The van der Waals surface area contributed by atoms with Gasteiger partial charge in [-0.05, 0) is 63.6 Å². The Morgan fingerprint density at radius 1 is 1.10 bits per heavy atom. The Labute approximate surface area is 173 Å². The van der Waals surface area contributed by atoms with E-state index in [0.717, 1.165) is 25.1 Å². The third kappa shape index (κ3) is 7.07. The van der Waals surface area contributed by atoms with Gasteiger partial charge in [-0.15, -0.1) is 0 Å². The lowest BCUT2D eigenvalue weighted by Crippen LogP contribution is -2.49. The van der Waals surface area contributed by atoms with E-state index in [2.05, 4.69) is 29.8 Å². The Hall–Kier alpha value is -2.57. The molecule has 0 bridgehead atoms. The quantitative estimate of drug-likeness (QED) is 0.722. The van der Waals surface area contributed by atoms with Crippen LogP contribution in [0.3, 0.4) is 0 Å². The topological polar surface area (TPSA) is 90.5 Å². The van der Waals surface area contributed by atoms with Crippen LogP contribution in [0.5, 0.6) is 0 Å². The van der Waals surface area contributed by atoms with E-state index in [1.807, 2.05) is 44.7 Å². The normalized spacial score (nSPS) is 19.4. The summed E-state index contributed by atoms with van der Waals surface area (Å²) in [6.45, 7) is 13.2. The molecule has 2 unspecified atom stereocenters. The molecule has 3 N–H and O–H groups in total. The Balaban J connectivity index is 1.99. The highest BCUT2D eigenvalue weighted by atomic mass is 16.2. The number of carbonyl (C=O) groups excluding carboxylic acids is 3. The van der Waals surface area contributed by atoms with Gasteiger partial charge < -0.3 is 15.5 Å². The minimum absolute atomic E-state index is 0.0143. The molecule has 1 aromatic rings. The van der Waals surface area contributed by atoms with E-state index in [1.54, 1.807) is 6.07 Å². The van der Waals surface area contributed by atoms with Gasteiger partial charge in [-0.2, -0.15) is 0 Å². The molecule has 0 aliphatic carbocycles. The summed E-state index contributed by atoms with van der Waals surface area (Å²) in [5, 5.41) is 8.01. The van der Waals surface area contributed by atoms with Crippen LogP contribution in [-0.4, -0.2) is 47.9 Å². The molecule has 4 amide bonds. The lowest BCUT2D eigenvalue weighted by Gasteiger charge is -2.35. The number of hydrogen-bond acceptors (Lipinski definition) is 4. The van der Waals surface area contributed by atoms with Gasteiger partial charge in [0.15, 0.2) is 0 Å². The van der Waals surface area contributed by atoms with Crippen LogP contribution in [-0.2, 0) is 4.79 Å². The molecule has 2 atom stereocenters. The minimum Gasteiger partial charge on any atom is -0.376 e. The van der Waals surface area contributed by atoms with E-state index in [9.17, 15) is 14.4 Å². The van der Waals surface area contributed by atoms with Gasteiger partial charge in [0.05, 0.1) is 6.54 Å². The summed E-state index contributed by atoms with van der Waals surface area (Å²) in [7, 11) is 0. The highest BCUT2D eigenvalue weighted by Crippen LogP contribution is 2.24. The van der Waals surface area contributed by atoms with Crippen molar-refractivity contribution in [3.8, 4) is 0 Å². The maximum absolute atomic E-state index is 12.9. The Morgan fingerprint density at radius 2 is 1.72 bits per heavy atom. The number of carbonyl (C=O) groups is 3. The number of urea groups is 1. The van der Waals surface area contributed by atoms with Crippen molar-refractivity contribution in [2.45, 2.75) is 53.5 Å². The first-order valence-electron chi connectivity index (χ1n) is 10.2. The molecule has 7 nitrogen and oxygen atoms in total. The fraction of sp³-hybridized carbons (Fsp3) is 0.591. The maximum Gasteiger partial charge on any atom is 0.321 e. The fourth-order valence-electron chi connectivity index (χ4n) is 3.67. The van der Waals surface area contributed by atoms with Crippen LogP contribution >= 0.6 is 0 Å². The summed E-state index contributed by atoms with van der Waals surface area (Å²) in [6, 6.07) is 4.95. The minimum atomic E-state index is -0.529. The molecule has 1 aliphatic rings. The van der Waals surface area contributed by atoms with Crippen molar-refractivity contribution in [2.75, 3.05) is 25.0 Å². The first-order chi connectivity index (χ1) is 13.4. The molecule has 0 radical (unpaired) electrons. The number of anilines is 1. The Kier molecular flexibility index (Phi) is 7.27. The number of amides is 4. The van der Waals surface area contributed by atoms with Crippen LogP contribution < -0.4 is 16.0 Å². The molecular weight excluding hydrogens is 368 g/mol. The number of hydrogen-bond donors (Lipinski definition) is 3. The maximum atomic E-state index is 12.9. The van der Waals surface area contributed by atoms with Gasteiger partial charge in [0, 0.05) is 29.9 Å². The molecule has 2 rings (SSSR count). The number of imide groups is 1. The lowest BCUT2D eigenvalue weighted by molar-refractivity contribution is -0.118. The molecule has 1 aliphatic heterocycles. The van der Waals surface area contributed by atoms with E-state index in [4.69, 9.17) is 0 Å². The molecule has 1 aromatic carbocycles. The highest BCUT2D eigenvalue weighted by Gasteiger charge is 2.26. The predicted molar refractivity (Wildman–Crippen MR) is 115 cm³/mol. The molecule has 160 valence electrons. The average Bonchev–Trinajstić information content (AvgIpc) is 2.57. The van der Waals surface area contributed by atoms with Gasteiger partial charge in [-0.25, -0.2) is 4.79 Å². The number of piperidine rings is 1. The largest absolute Gasteiger partial charge is 0.376 e. The third-order valence-corrected chi connectivity index (χ3v) is 4.82. The van der Waals surface area contributed by atoms with E-state index in [-0.39, 0.29) is 12.5 Å². The van der Waals surface area contributed by atoms with Crippen molar-refractivity contribution in [3.05, 3.63) is 29.3 Å². The van der Waals surface area contributed by atoms with Gasteiger partial charge in [0.2, 0.25) is 5.91 Å². The molecule has 1 fully saturated rings. The van der Waals surface area contributed by atoms with Gasteiger partial charge in [-0.3, -0.25) is 14.9 Å². The monoisotopic (exact) mass is 402 g/mol. The van der Waals surface area contributed by atoms with Crippen LogP contribution in [0.25, 0.3) is 0 Å². The SMILES string of the molecule is Cc1ccc(C(=O)N2CC(C)CC(C)C2)cc1NCC(=O)NC(=O)NC(C)(C)C. The second kappa shape index (κ2) is 9.29. The third-order valence-electron chi connectivity index (χ3n) is 4.82. The van der Waals surface area contributed by atoms with Crippen molar-refractivity contribution in [3.63, 3.8) is 0 Å². The van der Waals surface area contributed by atoms with E-state index >= 15 is 0 Å². The zero-order valence-electron chi connectivity index (χ0n) is 18.4. The van der Waals surface area contributed by atoms with Gasteiger partial charge >= 0.3 is 6.03 Å². The number of benzene rings is 1. The summed E-state index contributed by atoms with van der Waals surface area (Å²) in [4.78, 5) is 38.7. The lowest BCUT2D eigenvalue weighted by atomic mass is 9.91. The number of nitrogens with zero attached hydrogens (tertiary/aromatic N) is 1. The fourth-order valence-corrected chi connectivity index (χ4v) is 3.67. The Bertz CT molecular complexity index is 760. The number of likely N-dealkylation sites (tertiary alicyclic amines) is 1. The van der Waals surface area contributed by atoms with Crippen molar-refractivity contribution in [1.82, 2.24) is 15.5 Å². The molecule has 1 saturated heterocycles. The summed E-state index contributed by atoms with van der Waals surface area (Å²) < 4.78 is 0. The van der Waals surface area contributed by atoms with Gasteiger partial charge in [0.25, 0.3) is 5.91 Å². The van der Waals surface area contributed by atoms with Crippen molar-refractivity contribution in [2.24, 2.45) is 11.8 Å². The molecule has 1 heterocycles. The molecular formula is C22H34N4O3. The molecule has 0 saturated carbocycles. The number of rotatable bonds is 4. The number of aryl methyl sites for hydroxylation is 1. The standard InChI is InChI=1S/C22H34N4O3/c1-14-9-15(2)13-26(12-14)20(28)17-8-7-16(3)18(10-17)23-11-19(27)24-21(29)25-22(4,5)6/h7-8,10,14-15,23H,9,11-13H2,1-6H3,(H2,24,25,27,29). The van der Waals surface area contributed by atoms with E-state index in [0.29, 0.717) is 23.1 Å². The van der Waals surface area contributed by atoms with E-state index < -0.39 is 17.5 Å². The average molecular weight is 403 g/mol. The van der Waals surface area contributed by atoms with Crippen molar-refractivity contribution >= 4 is 23.5 Å². The summed E-state index contributed by atoms with van der Waals surface area (Å²) in [6.07, 6.45) is 1.14.